The standard InChI is InChI=1S/C15H20BrNO/c1-2-11-6-3-4-8-13(11)15(18)17-10-12-7-5-9-14(12)16/h3-4,6,8,12,14H,2,5,7,9-10H2,1H3,(H,17,18). The number of hydrogen-bond donors (Lipinski definition) is 1. The van der Waals surface area contributed by atoms with Crippen molar-refractivity contribution in [3.05, 3.63) is 35.4 Å². The van der Waals surface area contributed by atoms with Crippen LogP contribution in [0, 0.1) is 5.92 Å². The molecule has 18 heavy (non-hydrogen) atoms. The summed E-state index contributed by atoms with van der Waals surface area (Å²) in [6.45, 7) is 2.87. The van der Waals surface area contributed by atoms with Crippen LogP contribution in [0.15, 0.2) is 24.3 Å². The van der Waals surface area contributed by atoms with Crippen LogP contribution in [0.4, 0.5) is 0 Å². The SMILES string of the molecule is CCc1ccccc1C(=O)NCC1CCCC1Br. The third kappa shape index (κ3) is 3.14. The maximum atomic E-state index is 12.2. The van der Waals surface area contributed by atoms with Crippen LogP contribution in [-0.4, -0.2) is 17.3 Å². The van der Waals surface area contributed by atoms with Crippen molar-refractivity contribution in [2.75, 3.05) is 6.54 Å². The predicted molar refractivity (Wildman–Crippen MR) is 78.2 cm³/mol. The summed E-state index contributed by atoms with van der Waals surface area (Å²) in [5, 5.41) is 3.08. The van der Waals surface area contributed by atoms with E-state index in [0.717, 1.165) is 24.1 Å². The smallest absolute Gasteiger partial charge is 0.251 e. The second-order valence-corrected chi connectivity index (χ2v) is 6.10. The molecule has 0 aliphatic heterocycles. The molecule has 1 N–H and O–H groups in total. The second kappa shape index (κ2) is 6.37. The molecule has 1 saturated carbocycles. The van der Waals surface area contributed by atoms with Gasteiger partial charge in [0.25, 0.3) is 5.91 Å². The van der Waals surface area contributed by atoms with Gasteiger partial charge in [0.15, 0.2) is 0 Å². The summed E-state index contributed by atoms with van der Waals surface area (Å²) in [5.74, 6) is 0.654. The van der Waals surface area contributed by atoms with E-state index in [1.165, 1.54) is 19.3 Å². The van der Waals surface area contributed by atoms with Crippen molar-refractivity contribution in [3.8, 4) is 0 Å². The third-order valence-electron chi connectivity index (χ3n) is 3.73. The molecule has 0 radical (unpaired) electrons. The van der Waals surface area contributed by atoms with E-state index in [2.05, 4.69) is 28.2 Å². The molecule has 0 bridgehead atoms. The minimum absolute atomic E-state index is 0.0686. The number of nitrogens with one attached hydrogen (secondary N) is 1. The van der Waals surface area contributed by atoms with Gasteiger partial charge in [0.05, 0.1) is 0 Å². The van der Waals surface area contributed by atoms with Crippen molar-refractivity contribution < 1.29 is 4.79 Å². The Labute approximate surface area is 117 Å². The number of benzene rings is 1. The molecular formula is C15H20BrNO. The fourth-order valence-corrected chi connectivity index (χ4v) is 3.37. The van der Waals surface area contributed by atoms with Gasteiger partial charge in [-0.2, -0.15) is 0 Å². The van der Waals surface area contributed by atoms with Gasteiger partial charge in [0, 0.05) is 16.9 Å². The van der Waals surface area contributed by atoms with Gasteiger partial charge in [-0.05, 0) is 36.8 Å². The molecule has 0 aromatic heterocycles. The molecule has 1 aliphatic carbocycles. The Morgan fingerprint density at radius 1 is 1.39 bits per heavy atom. The van der Waals surface area contributed by atoms with Crippen LogP contribution in [0.2, 0.25) is 0 Å². The molecule has 2 atom stereocenters. The van der Waals surface area contributed by atoms with E-state index in [1.54, 1.807) is 0 Å². The van der Waals surface area contributed by atoms with Crippen LogP contribution in [0.5, 0.6) is 0 Å². The van der Waals surface area contributed by atoms with Crippen LogP contribution in [-0.2, 0) is 6.42 Å². The highest BCUT2D eigenvalue weighted by Gasteiger charge is 2.25. The normalized spacial score (nSPS) is 23.0. The lowest BCUT2D eigenvalue weighted by molar-refractivity contribution is 0.0947. The molecular weight excluding hydrogens is 290 g/mol. The quantitative estimate of drug-likeness (QED) is 0.847. The van der Waals surface area contributed by atoms with E-state index in [9.17, 15) is 4.79 Å². The molecule has 2 rings (SSSR count). The van der Waals surface area contributed by atoms with Gasteiger partial charge in [-0.25, -0.2) is 0 Å². The summed E-state index contributed by atoms with van der Waals surface area (Å²) in [4.78, 5) is 12.7. The van der Waals surface area contributed by atoms with Gasteiger partial charge < -0.3 is 5.32 Å². The van der Waals surface area contributed by atoms with Gasteiger partial charge in [-0.3, -0.25) is 4.79 Å². The Morgan fingerprint density at radius 2 is 2.17 bits per heavy atom. The molecule has 1 amide bonds. The Bertz CT molecular complexity index is 419. The number of halogens is 1. The zero-order valence-corrected chi connectivity index (χ0v) is 12.4. The molecule has 98 valence electrons. The van der Waals surface area contributed by atoms with Crippen LogP contribution < -0.4 is 5.32 Å². The third-order valence-corrected chi connectivity index (χ3v) is 4.94. The van der Waals surface area contributed by atoms with Crippen LogP contribution in [0.3, 0.4) is 0 Å². The van der Waals surface area contributed by atoms with E-state index in [0.29, 0.717) is 10.7 Å². The Kier molecular flexibility index (Phi) is 4.81. The molecule has 0 saturated heterocycles. The Balaban J connectivity index is 1.95. The lowest BCUT2D eigenvalue weighted by Gasteiger charge is -2.15. The molecule has 0 spiro atoms. The lowest BCUT2D eigenvalue weighted by atomic mass is 10.0. The van der Waals surface area contributed by atoms with E-state index in [1.807, 2.05) is 24.3 Å². The van der Waals surface area contributed by atoms with E-state index < -0.39 is 0 Å². The zero-order valence-electron chi connectivity index (χ0n) is 10.8. The first-order chi connectivity index (χ1) is 8.72. The number of alkyl halides is 1. The minimum atomic E-state index is 0.0686. The topological polar surface area (TPSA) is 29.1 Å². The Hall–Kier alpha value is -0.830. The molecule has 1 aliphatic rings. The van der Waals surface area contributed by atoms with Crippen molar-refractivity contribution >= 4 is 21.8 Å². The summed E-state index contributed by atoms with van der Waals surface area (Å²) in [6.07, 6.45) is 4.60. The van der Waals surface area contributed by atoms with Gasteiger partial charge in [0.2, 0.25) is 0 Å². The van der Waals surface area contributed by atoms with Crippen molar-refractivity contribution in [3.63, 3.8) is 0 Å². The summed E-state index contributed by atoms with van der Waals surface area (Å²) in [7, 11) is 0. The highest BCUT2D eigenvalue weighted by atomic mass is 79.9. The van der Waals surface area contributed by atoms with E-state index in [4.69, 9.17) is 0 Å². The minimum Gasteiger partial charge on any atom is -0.352 e. The van der Waals surface area contributed by atoms with Crippen molar-refractivity contribution in [2.45, 2.75) is 37.4 Å². The monoisotopic (exact) mass is 309 g/mol. The average molecular weight is 310 g/mol. The summed E-state index contributed by atoms with van der Waals surface area (Å²) >= 11 is 3.69. The molecule has 1 aromatic carbocycles. The molecule has 1 aromatic rings. The average Bonchev–Trinajstić information content (AvgIpc) is 2.81. The first-order valence-electron chi connectivity index (χ1n) is 6.72. The van der Waals surface area contributed by atoms with E-state index >= 15 is 0 Å². The largest absolute Gasteiger partial charge is 0.352 e. The number of carbonyl (C=O) groups is 1. The van der Waals surface area contributed by atoms with Crippen LogP contribution in [0.25, 0.3) is 0 Å². The highest BCUT2D eigenvalue weighted by Crippen LogP contribution is 2.30. The van der Waals surface area contributed by atoms with Gasteiger partial charge in [-0.1, -0.05) is 47.5 Å². The first kappa shape index (κ1) is 13.6. The van der Waals surface area contributed by atoms with Gasteiger partial charge in [-0.15, -0.1) is 0 Å². The van der Waals surface area contributed by atoms with Crippen LogP contribution in [0.1, 0.15) is 42.1 Å². The number of rotatable bonds is 4. The maximum absolute atomic E-state index is 12.2. The summed E-state index contributed by atoms with van der Waals surface area (Å²) < 4.78 is 0. The lowest BCUT2D eigenvalue weighted by Crippen LogP contribution is -2.31. The van der Waals surface area contributed by atoms with Crippen molar-refractivity contribution in [1.82, 2.24) is 5.32 Å². The number of amides is 1. The summed E-state index contributed by atoms with van der Waals surface area (Å²) in [6, 6.07) is 7.85. The van der Waals surface area contributed by atoms with Gasteiger partial charge in [0.1, 0.15) is 0 Å². The number of hydrogen-bond acceptors (Lipinski definition) is 1. The molecule has 0 heterocycles. The molecule has 2 unspecified atom stereocenters. The predicted octanol–water partition coefficient (Wildman–Crippen LogP) is 3.54. The van der Waals surface area contributed by atoms with Crippen LogP contribution >= 0.6 is 15.9 Å². The molecule has 3 heteroatoms. The first-order valence-corrected chi connectivity index (χ1v) is 7.64. The fourth-order valence-electron chi connectivity index (χ4n) is 2.59. The summed E-state index contributed by atoms with van der Waals surface area (Å²) in [5.41, 5.74) is 1.95. The van der Waals surface area contributed by atoms with E-state index in [-0.39, 0.29) is 5.91 Å². The van der Waals surface area contributed by atoms with Crippen molar-refractivity contribution in [1.29, 1.82) is 0 Å². The fraction of sp³-hybridized carbons (Fsp3) is 0.533. The second-order valence-electron chi connectivity index (χ2n) is 4.93. The molecule has 2 nitrogen and oxygen atoms in total. The molecule has 1 fully saturated rings. The number of aryl methyl sites for hydroxylation is 1. The van der Waals surface area contributed by atoms with Crippen molar-refractivity contribution in [2.24, 2.45) is 5.92 Å². The number of carbonyl (C=O) groups excluding carboxylic acids is 1. The van der Waals surface area contributed by atoms with Gasteiger partial charge >= 0.3 is 0 Å². The maximum Gasteiger partial charge on any atom is 0.251 e. The Morgan fingerprint density at radius 3 is 2.83 bits per heavy atom. The zero-order chi connectivity index (χ0) is 13.0. The highest BCUT2D eigenvalue weighted by molar-refractivity contribution is 9.09.